The average Bonchev–Trinajstić information content (AvgIpc) is 2.92. The summed E-state index contributed by atoms with van der Waals surface area (Å²) in [5.74, 6) is 0.282. The van der Waals surface area contributed by atoms with Crippen molar-refractivity contribution in [2.45, 2.75) is 43.9 Å². The molecule has 0 unspecified atom stereocenters. The van der Waals surface area contributed by atoms with Crippen LogP contribution in [0.1, 0.15) is 40.2 Å². The number of hydrogen-bond donors (Lipinski definition) is 2. The Balaban J connectivity index is 1.46. The number of halogens is 6. The number of anilines is 2. The van der Waals surface area contributed by atoms with Gasteiger partial charge in [-0.15, -0.1) is 0 Å². The molecule has 0 saturated carbocycles. The molecule has 0 aromatic heterocycles. The first-order chi connectivity index (χ1) is 15.6. The molecule has 2 atom stereocenters. The number of benzene rings is 2. The van der Waals surface area contributed by atoms with Crippen LogP contribution in [0, 0.1) is 0 Å². The lowest BCUT2D eigenvalue weighted by molar-refractivity contribution is -0.143. The second-order valence-corrected chi connectivity index (χ2v) is 8.71. The van der Waals surface area contributed by atoms with Crippen LogP contribution in [-0.2, 0) is 30.2 Å². The lowest BCUT2D eigenvalue weighted by Crippen LogP contribution is -2.44. The minimum Gasteiger partial charge on any atom is -0.381 e. The molecule has 4 nitrogen and oxygen atoms in total. The monoisotopic (exact) mass is 471 g/mol. The molecule has 3 aliphatic rings. The molecular formula is C23H23F6N3O. The van der Waals surface area contributed by atoms with Crippen LogP contribution in [0.2, 0.25) is 0 Å². The van der Waals surface area contributed by atoms with Gasteiger partial charge in [-0.25, -0.2) is 0 Å². The number of nitrogens with zero attached hydrogens (tertiary/aromatic N) is 1. The van der Waals surface area contributed by atoms with Crippen molar-refractivity contribution < 1.29 is 31.1 Å². The molecule has 0 bridgehead atoms. The van der Waals surface area contributed by atoms with Gasteiger partial charge >= 0.3 is 12.4 Å². The maximum atomic E-state index is 13.5. The van der Waals surface area contributed by atoms with E-state index in [1.807, 2.05) is 12.1 Å². The smallest absolute Gasteiger partial charge is 0.381 e. The lowest BCUT2D eigenvalue weighted by atomic mass is 9.89. The van der Waals surface area contributed by atoms with E-state index < -0.39 is 23.5 Å². The number of alkyl halides is 6. The summed E-state index contributed by atoms with van der Waals surface area (Å²) in [5, 5.41) is 6.44. The quantitative estimate of drug-likeness (QED) is 0.609. The molecule has 2 aromatic carbocycles. The first-order valence-electron chi connectivity index (χ1n) is 10.9. The fourth-order valence-corrected chi connectivity index (χ4v) is 5.26. The number of hydrogen-bond acceptors (Lipinski definition) is 4. The Morgan fingerprint density at radius 3 is 2.64 bits per heavy atom. The van der Waals surface area contributed by atoms with Crippen molar-refractivity contribution >= 4 is 11.4 Å². The van der Waals surface area contributed by atoms with Crippen LogP contribution in [0.3, 0.4) is 0 Å². The SMILES string of the molecule is FC(F)(F)c1ccc(CNc2cc3c4c(c2)[C@@H]2CNCC[C@@H]2N4CCOC3)c(C(F)(F)F)c1. The highest BCUT2D eigenvalue weighted by molar-refractivity contribution is 5.72. The summed E-state index contributed by atoms with van der Waals surface area (Å²) in [6, 6.07) is 5.96. The molecule has 1 fully saturated rings. The van der Waals surface area contributed by atoms with Gasteiger partial charge in [0.25, 0.3) is 0 Å². The van der Waals surface area contributed by atoms with Crippen molar-refractivity contribution in [2.24, 2.45) is 0 Å². The molecule has 0 aliphatic carbocycles. The summed E-state index contributed by atoms with van der Waals surface area (Å²) in [5.41, 5.74) is 1.07. The van der Waals surface area contributed by atoms with E-state index in [1.54, 1.807) is 0 Å². The molecule has 178 valence electrons. The molecule has 2 N–H and O–H groups in total. The normalized spacial score (nSPS) is 22.5. The van der Waals surface area contributed by atoms with Crippen LogP contribution in [-0.4, -0.2) is 32.3 Å². The molecule has 0 spiro atoms. The molecule has 33 heavy (non-hydrogen) atoms. The largest absolute Gasteiger partial charge is 0.416 e. The molecule has 2 aromatic rings. The first-order valence-corrected chi connectivity index (χ1v) is 10.9. The van der Waals surface area contributed by atoms with E-state index in [2.05, 4.69) is 15.5 Å². The Morgan fingerprint density at radius 1 is 1.06 bits per heavy atom. The minimum absolute atomic E-state index is 0.178. The van der Waals surface area contributed by atoms with Crippen LogP contribution < -0.4 is 15.5 Å². The third-order valence-electron chi connectivity index (χ3n) is 6.71. The third kappa shape index (κ3) is 4.14. The second-order valence-electron chi connectivity index (χ2n) is 8.71. The van der Waals surface area contributed by atoms with E-state index in [0.717, 1.165) is 48.9 Å². The highest BCUT2D eigenvalue weighted by Crippen LogP contribution is 2.47. The molecule has 1 saturated heterocycles. The summed E-state index contributed by atoms with van der Waals surface area (Å²) in [6.45, 7) is 3.33. The van der Waals surface area contributed by atoms with Crippen LogP contribution in [0.5, 0.6) is 0 Å². The van der Waals surface area contributed by atoms with Gasteiger partial charge in [-0.3, -0.25) is 0 Å². The Kier molecular flexibility index (Phi) is 5.48. The van der Waals surface area contributed by atoms with Crippen molar-refractivity contribution in [1.29, 1.82) is 0 Å². The Labute approximate surface area is 186 Å². The molecular weight excluding hydrogens is 448 g/mol. The van der Waals surface area contributed by atoms with Crippen LogP contribution >= 0.6 is 0 Å². The fraction of sp³-hybridized carbons (Fsp3) is 0.478. The van der Waals surface area contributed by atoms with Gasteiger partial charge in [-0.1, -0.05) is 6.07 Å². The summed E-state index contributed by atoms with van der Waals surface area (Å²) in [7, 11) is 0. The van der Waals surface area contributed by atoms with Crippen molar-refractivity contribution in [1.82, 2.24) is 5.32 Å². The van der Waals surface area contributed by atoms with Gasteiger partial charge in [0.05, 0.1) is 24.3 Å². The molecule has 0 amide bonds. The van der Waals surface area contributed by atoms with Crippen molar-refractivity contribution in [3.8, 4) is 0 Å². The van der Waals surface area contributed by atoms with Crippen LogP contribution in [0.25, 0.3) is 0 Å². The Bertz CT molecular complexity index is 1050. The number of fused-ring (bicyclic) bond motifs is 3. The Morgan fingerprint density at radius 2 is 1.88 bits per heavy atom. The zero-order chi connectivity index (χ0) is 23.4. The van der Waals surface area contributed by atoms with Gasteiger partial charge in [0.1, 0.15) is 0 Å². The molecule has 0 radical (unpaired) electrons. The predicted octanol–water partition coefficient (Wildman–Crippen LogP) is 5.13. The molecule has 3 aliphatic heterocycles. The third-order valence-corrected chi connectivity index (χ3v) is 6.71. The Hall–Kier alpha value is -2.46. The highest BCUT2D eigenvalue weighted by Gasteiger charge is 2.42. The number of rotatable bonds is 3. The van der Waals surface area contributed by atoms with Crippen LogP contribution in [0.15, 0.2) is 30.3 Å². The summed E-state index contributed by atoms with van der Waals surface area (Å²) in [4.78, 5) is 2.39. The number of ether oxygens (including phenoxy) is 1. The van der Waals surface area contributed by atoms with E-state index in [0.29, 0.717) is 31.0 Å². The van der Waals surface area contributed by atoms with Crippen molar-refractivity contribution in [2.75, 3.05) is 36.5 Å². The fourth-order valence-electron chi connectivity index (χ4n) is 5.26. The lowest BCUT2D eigenvalue weighted by Gasteiger charge is -2.33. The molecule has 5 rings (SSSR count). The van der Waals surface area contributed by atoms with E-state index >= 15 is 0 Å². The van der Waals surface area contributed by atoms with Gasteiger partial charge in [-0.2, -0.15) is 26.3 Å². The van der Waals surface area contributed by atoms with E-state index in [9.17, 15) is 26.3 Å². The first kappa shape index (κ1) is 22.3. The molecule has 3 heterocycles. The average molecular weight is 471 g/mol. The van der Waals surface area contributed by atoms with E-state index in [4.69, 9.17) is 4.74 Å². The summed E-state index contributed by atoms with van der Waals surface area (Å²) >= 11 is 0. The minimum atomic E-state index is -4.89. The van der Waals surface area contributed by atoms with E-state index in [-0.39, 0.29) is 24.1 Å². The zero-order valence-corrected chi connectivity index (χ0v) is 17.6. The van der Waals surface area contributed by atoms with E-state index in [1.165, 1.54) is 0 Å². The number of piperidine rings is 1. The maximum Gasteiger partial charge on any atom is 0.416 e. The van der Waals surface area contributed by atoms with Gasteiger partial charge in [0, 0.05) is 48.5 Å². The van der Waals surface area contributed by atoms with Crippen molar-refractivity contribution in [3.05, 3.63) is 58.1 Å². The standard InChI is InChI=1S/C23H23F6N3O/c24-22(25,26)15-2-1-13(19(8-15)23(27,28)29)10-31-16-7-14-12-33-6-5-32-20-3-4-30-11-18(20)17(9-16)21(14)32/h1-2,7-9,18,20,30-31H,3-6,10-12H2/t18-,20-/m0/s1. The molecule has 10 heteroatoms. The topological polar surface area (TPSA) is 36.5 Å². The van der Waals surface area contributed by atoms with Gasteiger partial charge in [0.15, 0.2) is 0 Å². The van der Waals surface area contributed by atoms with Gasteiger partial charge < -0.3 is 20.3 Å². The summed E-state index contributed by atoms with van der Waals surface area (Å²) in [6.07, 6.45) is -8.74. The number of nitrogens with one attached hydrogen (secondary N) is 2. The zero-order valence-electron chi connectivity index (χ0n) is 17.6. The maximum absolute atomic E-state index is 13.5. The van der Waals surface area contributed by atoms with Crippen molar-refractivity contribution in [3.63, 3.8) is 0 Å². The van der Waals surface area contributed by atoms with Gasteiger partial charge in [0.2, 0.25) is 0 Å². The predicted molar refractivity (Wildman–Crippen MR) is 111 cm³/mol. The van der Waals surface area contributed by atoms with Crippen LogP contribution in [0.4, 0.5) is 37.7 Å². The second kappa shape index (κ2) is 8.09. The summed E-state index contributed by atoms with van der Waals surface area (Å²) < 4.78 is 85.1. The highest BCUT2D eigenvalue weighted by atomic mass is 19.4. The van der Waals surface area contributed by atoms with Gasteiger partial charge in [-0.05, 0) is 48.4 Å².